The van der Waals surface area contributed by atoms with Gasteiger partial charge in [0.15, 0.2) is 0 Å². The van der Waals surface area contributed by atoms with Gasteiger partial charge in [0.05, 0.1) is 4.92 Å². The summed E-state index contributed by atoms with van der Waals surface area (Å²) in [5, 5.41) is 17.1. The Labute approximate surface area is 115 Å². The van der Waals surface area contributed by atoms with Gasteiger partial charge in [-0.1, -0.05) is 19.1 Å². The Hall–Kier alpha value is -1.79. The Morgan fingerprint density at radius 3 is 3.00 bits per heavy atom. The van der Waals surface area contributed by atoms with E-state index in [0.29, 0.717) is 6.54 Å². The summed E-state index contributed by atoms with van der Waals surface area (Å²) in [6, 6.07) is 6.88. The van der Waals surface area contributed by atoms with Gasteiger partial charge in [0.2, 0.25) is 0 Å². The average molecular weight is 277 g/mol. The van der Waals surface area contributed by atoms with Crippen molar-refractivity contribution >= 4 is 17.0 Å². The molecule has 1 heterocycles. The van der Waals surface area contributed by atoms with Crippen molar-refractivity contribution in [2.75, 3.05) is 0 Å². The number of nitrogens with zero attached hydrogens (tertiary/aromatic N) is 2. The SMILES string of the molecule is CCC(NCc1nccs1)c1cccc([N+](=O)[O-])c1. The van der Waals surface area contributed by atoms with Crippen molar-refractivity contribution < 1.29 is 4.92 Å². The second-order valence-corrected chi connectivity index (χ2v) is 5.10. The molecule has 0 saturated heterocycles. The summed E-state index contributed by atoms with van der Waals surface area (Å²) < 4.78 is 0. The van der Waals surface area contributed by atoms with Gasteiger partial charge >= 0.3 is 0 Å². The number of nitro benzene ring substituents is 1. The Morgan fingerprint density at radius 2 is 2.37 bits per heavy atom. The fraction of sp³-hybridized carbons (Fsp3) is 0.308. The normalized spacial score (nSPS) is 12.3. The van der Waals surface area contributed by atoms with Crippen LogP contribution in [0.1, 0.15) is 30.0 Å². The molecule has 100 valence electrons. The first kappa shape index (κ1) is 13.6. The third-order valence-electron chi connectivity index (χ3n) is 2.87. The van der Waals surface area contributed by atoms with Gasteiger partial charge in [0, 0.05) is 36.3 Å². The molecule has 0 aliphatic carbocycles. The fourth-order valence-corrected chi connectivity index (χ4v) is 2.47. The molecule has 5 nitrogen and oxygen atoms in total. The molecule has 0 spiro atoms. The maximum Gasteiger partial charge on any atom is 0.269 e. The lowest BCUT2D eigenvalue weighted by Crippen LogP contribution is -2.20. The number of thiazole rings is 1. The Morgan fingerprint density at radius 1 is 1.53 bits per heavy atom. The number of hydrogen-bond acceptors (Lipinski definition) is 5. The molecule has 0 bridgehead atoms. The molecule has 1 N–H and O–H groups in total. The molecule has 6 heteroatoms. The van der Waals surface area contributed by atoms with Crippen molar-refractivity contribution in [2.24, 2.45) is 0 Å². The van der Waals surface area contributed by atoms with Gasteiger partial charge < -0.3 is 5.32 Å². The van der Waals surface area contributed by atoms with E-state index in [2.05, 4.69) is 17.2 Å². The zero-order chi connectivity index (χ0) is 13.7. The van der Waals surface area contributed by atoms with E-state index in [4.69, 9.17) is 0 Å². The number of rotatable bonds is 6. The minimum atomic E-state index is -0.364. The second-order valence-electron chi connectivity index (χ2n) is 4.12. The van der Waals surface area contributed by atoms with E-state index in [1.54, 1.807) is 29.7 Å². The van der Waals surface area contributed by atoms with Crippen LogP contribution in [0.4, 0.5) is 5.69 Å². The predicted octanol–water partition coefficient (Wildman–Crippen LogP) is 3.29. The zero-order valence-corrected chi connectivity index (χ0v) is 11.4. The smallest absolute Gasteiger partial charge is 0.269 e. The van der Waals surface area contributed by atoms with Gasteiger partial charge in [-0.05, 0) is 12.0 Å². The minimum absolute atomic E-state index is 0.101. The lowest BCUT2D eigenvalue weighted by Gasteiger charge is -2.16. The fourth-order valence-electron chi connectivity index (χ4n) is 1.90. The van der Waals surface area contributed by atoms with Crippen molar-refractivity contribution in [1.29, 1.82) is 0 Å². The van der Waals surface area contributed by atoms with Gasteiger partial charge in [-0.3, -0.25) is 10.1 Å². The van der Waals surface area contributed by atoms with Gasteiger partial charge in [0.1, 0.15) is 5.01 Å². The summed E-state index contributed by atoms with van der Waals surface area (Å²) in [5.41, 5.74) is 1.07. The van der Waals surface area contributed by atoms with E-state index in [1.165, 1.54) is 6.07 Å². The summed E-state index contributed by atoms with van der Waals surface area (Å²) in [7, 11) is 0. The van der Waals surface area contributed by atoms with E-state index in [0.717, 1.165) is 17.0 Å². The lowest BCUT2D eigenvalue weighted by molar-refractivity contribution is -0.384. The largest absolute Gasteiger partial charge is 0.304 e. The van der Waals surface area contributed by atoms with Crippen LogP contribution in [-0.2, 0) is 6.54 Å². The van der Waals surface area contributed by atoms with Crippen molar-refractivity contribution in [3.8, 4) is 0 Å². The van der Waals surface area contributed by atoms with Crippen LogP contribution in [0.5, 0.6) is 0 Å². The third-order valence-corrected chi connectivity index (χ3v) is 3.65. The zero-order valence-electron chi connectivity index (χ0n) is 10.6. The number of nitro groups is 1. The predicted molar refractivity (Wildman–Crippen MR) is 75.1 cm³/mol. The first-order valence-corrected chi connectivity index (χ1v) is 6.94. The van der Waals surface area contributed by atoms with Crippen molar-refractivity contribution in [3.63, 3.8) is 0 Å². The number of non-ortho nitro benzene ring substituents is 1. The highest BCUT2D eigenvalue weighted by molar-refractivity contribution is 7.09. The molecule has 0 aliphatic rings. The number of aromatic nitrogens is 1. The second kappa shape index (κ2) is 6.40. The molecule has 2 aromatic rings. The van der Waals surface area contributed by atoms with Crippen molar-refractivity contribution in [3.05, 3.63) is 56.5 Å². The highest BCUT2D eigenvalue weighted by Gasteiger charge is 2.13. The molecule has 0 radical (unpaired) electrons. The van der Waals surface area contributed by atoms with Crippen molar-refractivity contribution in [1.82, 2.24) is 10.3 Å². The van der Waals surface area contributed by atoms with Crippen LogP contribution in [0.2, 0.25) is 0 Å². The first-order chi connectivity index (χ1) is 9.20. The van der Waals surface area contributed by atoms with Gasteiger partial charge in [-0.25, -0.2) is 4.98 Å². The monoisotopic (exact) mass is 277 g/mol. The topological polar surface area (TPSA) is 68.1 Å². The molecule has 1 aromatic heterocycles. The van der Waals surface area contributed by atoms with E-state index in [9.17, 15) is 10.1 Å². The quantitative estimate of drug-likeness (QED) is 0.650. The van der Waals surface area contributed by atoms with Gasteiger partial charge in [0.25, 0.3) is 5.69 Å². The van der Waals surface area contributed by atoms with E-state index >= 15 is 0 Å². The van der Waals surface area contributed by atoms with Crippen LogP contribution >= 0.6 is 11.3 Å². The summed E-state index contributed by atoms with van der Waals surface area (Å²) in [4.78, 5) is 14.6. The third kappa shape index (κ3) is 3.59. The molecule has 1 aromatic carbocycles. The molecular weight excluding hydrogens is 262 g/mol. The van der Waals surface area contributed by atoms with Crippen LogP contribution in [-0.4, -0.2) is 9.91 Å². The number of benzene rings is 1. The summed E-state index contributed by atoms with van der Waals surface area (Å²) >= 11 is 1.60. The summed E-state index contributed by atoms with van der Waals surface area (Å²) in [6.45, 7) is 2.73. The molecule has 2 rings (SSSR count). The Kier molecular flexibility index (Phi) is 4.59. The average Bonchev–Trinajstić information content (AvgIpc) is 2.93. The van der Waals surface area contributed by atoms with E-state index in [1.807, 2.05) is 11.4 Å². The maximum absolute atomic E-state index is 10.8. The van der Waals surface area contributed by atoms with Crippen LogP contribution in [0.3, 0.4) is 0 Å². The molecule has 0 aliphatic heterocycles. The van der Waals surface area contributed by atoms with Crippen LogP contribution < -0.4 is 5.32 Å². The minimum Gasteiger partial charge on any atom is -0.304 e. The molecule has 1 unspecified atom stereocenters. The van der Waals surface area contributed by atoms with Crippen LogP contribution in [0, 0.1) is 10.1 Å². The Balaban J connectivity index is 2.08. The molecule has 1 atom stereocenters. The molecule has 0 fully saturated rings. The molecule has 0 saturated carbocycles. The van der Waals surface area contributed by atoms with Crippen LogP contribution in [0.15, 0.2) is 35.8 Å². The lowest BCUT2D eigenvalue weighted by atomic mass is 10.0. The summed E-state index contributed by atoms with van der Waals surface area (Å²) in [5.74, 6) is 0. The molecule has 19 heavy (non-hydrogen) atoms. The highest BCUT2D eigenvalue weighted by Crippen LogP contribution is 2.22. The van der Waals surface area contributed by atoms with E-state index in [-0.39, 0.29) is 16.7 Å². The molecule has 0 amide bonds. The van der Waals surface area contributed by atoms with E-state index < -0.39 is 0 Å². The van der Waals surface area contributed by atoms with Gasteiger partial charge in [-0.15, -0.1) is 11.3 Å². The van der Waals surface area contributed by atoms with Crippen LogP contribution in [0.25, 0.3) is 0 Å². The first-order valence-electron chi connectivity index (χ1n) is 6.06. The summed E-state index contributed by atoms with van der Waals surface area (Å²) in [6.07, 6.45) is 2.64. The van der Waals surface area contributed by atoms with Crippen molar-refractivity contribution in [2.45, 2.75) is 25.9 Å². The maximum atomic E-state index is 10.8. The van der Waals surface area contributed by atoms with Gasteiger partial charge in [-0.2, -0.15) is 0 Å². The number of hydrogen-bond donors (Lipinski definition) is 1. The Bertz CT molecular complexity index is 543. The highest BCUT2D eigenvalue weighted by atomic mass is 32.1. The number of nitrogens with one attached hydrogen (secondary N) is 1. The standard InChI is InChI=1S/C13H15N3O2S/c1-2-12(15-9-13-14-6-7-19-13)10-4-3-5-11(8-10)16(17)18/h3-8,12,15H,2,9H2,1H3. The molecular formula is C13H15N3O2S.